The Kier molecular flexibility index (Phi) is 6.79. The smallest absolute Gasteiger partial charge is 0.406 e. The number of hydrogen-bond donors (Lipinski definition) is 0. The second-order valence-electron chi connectivity index (χ2n) is 7.04. The van der Waals surface area contributed by atoms with E-state index < -0.39 is 18.6 Å². The van der Waals surface area contributed by atoms with Gasteiger partial charge in [0, 0.05) is 31.9 Å². The molecule has 2 heterocycles. The second kappa shape index (κ2) is 9.30. The summed E-state index contributed by atoms with van der Waals surface area (Å²) in [5.41, 5.74) is 0.885. The van der Waals surface area contributed by atoms with E-state index in [0.717, 1.165) is 23.6 Å². The molecule has 1 aliphatic heterocycles. The molecule has 0 bridgehead atoms. The first kappa shape index (κ1) is 21.2. The molecular weight excluding hydrogens is 390 g/mol. The molecule has 1 aliphatic rings. The number of alkyl halides is 3. The van der Waals surface area contributed by atoms with Gasteiger partial charge < -0.3 is 14.2 Å². The molecule has 0 N–H and O–H groups in total. The predicted octanol–water partition coefficient (Wildman–Crippen LogP) is 3.52. The lowest BCUT2D eigenvalue weighted by Crippen LogP contribution is -2.44. The summed E-state index contributed by atoms with van der Waals surface area (Å²) in [6, 6.07) is 9.30. The average molecular weight is 413 g/mol. The highest BCUT2D eigenvalue weighted by Gasteiger charge is 2.34. The van der Waals surface area contributed by atoms with Crippen LogP contribution in [0, 0.1) is 5.82 Å². The molecule has 0 radical (unpaired) electrons. The molecular formula is C20H23F4N3O2. The summed E-state index contributed by atoms with van der Waals surface area (Å²) in [7, 11) is 0. The number of benzene rings is 1. The molecule has 0 unspecified atom stereocenters. The highest BCUT2D eigenvalue weighted by Crippen LogP contribution is 2.20. The van der Waals surface area contributed by atoms with Gasteiger partial charge in [-0.05, 0) is 42.8 Å². The zero-order valence-electron chi connectivity index (χ0n) is 15.9. The second-order valence-corrected chi connectivity index (χ2v) is 7.04. The summed E-state index contributed by atoms with van der Waals surface area (Å²) in [6.07, 6.45) is -2.37. The van der Waals surface area contributed by atoms with Crippen LogP contribution in [0.4, 0.5) is 23.2 Å². The number of anilines is 1. The molecule has 1 aromatic heterocycles. The maximum atomic E-state index is 13.1. The van der Waals surface area contributed by atoms with Crippen molar-refractivity contribution in [3.63, 3.8) is 0 Å². The highest BCUT2D eigenvalue weighted by atomic mass is 19.4. The summed E-state index contributed by atoms with van der Waals surface area (Å²) >= 11 is 0. The van der Waals surface area contributed by atoms with E-state index in [-0.39, 0.29) is 18.9 Å². The standard InChI is InChI=1S/C20H23F4N3O2/c21-16-4-6-17(7-5-16)26-9-2-8-25(10-11-26)14-19(28)27(15-20(22,23)24)13-18-3-1-12-29-18/h1,3-7,12H,2,8-11,13-15H2. The van der Waals surface area contributed by atoms with Crippen molar-refractivity contribution in [1.82, 2.24) is 9.80 Å². The molecule has 1 saturated heterocycles. The van der Waals surface area contributed by atoms with E-state index in [1.54, 1.807) is 24.3 Å². The number of nitrogens with zero attached hydrogens (tertiary/aromatic N) is 3. The normalized spacial score (nSPS) is 15.9. The van der Waals surface area contributed by atoms with Crippen molar-refractivity contribution >= 4 is 11.6 Å². The lowest BCUT2D eigenvalue weighted by Gasteiger charge is -2.27. The minimum atomic E-state index is -4.49. The number of furan rings is 1. The van der Waals surface area contributed by atoms with Gasteiger partial charge in [-0.2, -0.15) is 13.2 Å². The quantitative estimate of drug-likeness (QED) is 0.680. The van der Waals surface area contributed by atoms with Gasteiger partial charge in [-0.3, -0.25) is 9.69 Å². The van der Waals surface area contributed by atoms with Gasteiger partial charge >= 0.3 is 6.18 Å². The van der Waals surface area contributed by atoms with Crippen molar-refractivity contribution in [3.8, 4) is 0 Å². The third-order valence-electron chi connectivity index (χ3n) is 4.79. The Morgan fingerprint density at radius 3 is 2.48 bits per heavy atom. The van der Waals surface area contributed by atoms with Gasteiger partial charge in [-0.25, -0.2) is 4.39 Å². The number of rotatable bonds is 6. The number of carbonyl (C=O) groups excluding carboxylic acids is 1. The maximum absolute atomic E-state index is 13.1. The van der Waals surface area contributed by atoms with Crippen molar-refractivity contribution in [3.05, 3.63) is 54.2 Å². The number of amides is 1. The lowest BCUT2D eigenvalue weighted by molar-refractivity contribution is -0.163. The first-order chi connectivity index (χ1) is 13.8. The average Bonchev–Trinajstić information content (AvgIpc) is 3.05. The molecule has 5 nitrogen and oxygen atoms in total. The molecule has 1 amide bonds. The minimum Gasteiger partial charge on any atom is -0.467 e. The van der Waals surface area contributed by atoms with Gasteiger partial charge in [-0.15, -0.1) is 0 Å². The topological polar surface area (TPSA) is 39.9 Å². The van der Waals surface area contributed by atoms with E-state index in [1.165, 1.54) is 18.4 Å². The van der Waals surface area contributed by atoms with Crippen LogP contribution in [0.3, 0.4) is 0 Å². The summed E-state index contributed by atoms with van der Waals surface area (Å²) < 4.78 is 57.0. The Bertz CT molecular complexity index is 778. The van der Waals surface area contributed by atoms with E-state index in [1.807, 2.05) is 4.90 Å². The van der Waals surface area contributed by atoms with E-state index in [9.17, 15) is 22.4 Å². The molecule has 0 atom stereocenters. The zero-order valence-corrected chi connectivity index (χ0v) is 15.9. The van der Waals surface area contributed by atoms with Gasteiger partial charge in [0.05, 0.1) is 19.4 Å². The molecule has 1 aromatic carbocycles. The Labute approximate surface area is 166 Å². The molecule has 0 aliphatic carbocycles. The Hall–Kier alpha value is -2.55. The SMILES string of the molecule is O=C(CN1CCCN(c2ccc(F)cc2)CC1)N(Cc1ccco1)CC(F)(F)F. The lowest BCUT2D eigenvalue weighted by atomic mass is 10.2. The molecule has 9 heteroatoms. The monoisotopic (exact) mass is 413 g/mol. The van der Waals surface area contributed by atoms with Crippen molar-refractivity contribution in [1.29, 1.82) is 0 Å². The molecule has 0 saturated carbocycles. The number of halogens is 4. The number of hydrogen-bond acceptors (Lipinski definition) is 4. The van der Waals surface area contributed by atoms with Crippen LogP contribution >= 0.6 is 0 Å². The van der Waals surface area contributed by atoms with E-state index >= 15 is 0 Å². The van der Waals surface area contributed by atoms with Crippen LogP contribution in [-0.4, -0.2) is 61.2 Å². The maximum Gasteiger partial charge on any atom is 0.406 e. The van der Waals surface area contributed by atoms with E-state index in [4.69, 9.17) is 4.42 Å². The van der Waals surface area contributed by atoms with Crippen LogP contribution in [0.1, 0.15) is 12.2 Å². The van der Waals surface area contributed by atoms with E-state index in [2.05, 4.69) is 4.90 Å². The van der Waals surface area contributed by atoms with Gasteiger partial charge in [0.15, 0.2) is 0 Å². The van der Waals surface area contributed by atoms with Gasteiger partial charge in [-0.1, -0.05) is 0 Å². The molecule has 158 valence electrons. The van der Waals surface area contributed by atoms with Crippen LogP contribution < -0.4 is 4.90 Å². The highest BCUT2D eigenvalue weighted by molar-refractivity contribution is 5.78. The summed E-state index contributed by atoms with van der Waals surface area (Å²) in [5.74, 6) is -0.591. The fourth-order valence-corrected chi connectivity index (χ4v) is 3.37. The van der Waals surface area contributed by atoms with Crippen molar-refractivity contribution in [2.24, 2.45) is 0 Å². The first-order valence-electron chi connectivity index (χ1n) is 9.40. The molecule has 29 heavy (non-hydrogen) atoms. The fraction of sp³-hybridized carbons (Fsp3) is 0.450. The van der Waals surface area contributed by atoms with Crippen molar-refractivity contribution < 1.29 is 26.8 Å². The third kappa shape index (κ3) is 6.49. The summed E-state index contributed by atoms with van der Waals surface area (Å²) in [5, 5.41) is 0. The fourth-order valence-electron chi connectivity index (χ4n) is 3.37. The van der Waals surface area contributed by atoms with Crippen LogP contribution in [0.15, 0.2) is 47.1 Å². The molecule has 2 aromatic rings. The van der Waals surface area contributed by atoms with Crippen LogP contribution in [0.25, 0.3) is 0 Å². The van der Waals surface area contributed by atoms with Gasteiger partial charge in [0.2, 0.25) is 5.91 Å². The Morgan fingerprint density at radius 1 is 1.07 bits per heavy atom. The van der Waals surface area contributed by atoms with E-state index in [0.29, 0.717) is 25.4 Å². The minimum absolute atomic E-state index is 0.0892. The first-order valence-corrected chi connectivity index (χ1v) is 9.40. The third-order valence-corrected chi connectivity index (χ3v) is 4.79. The van der Waals surface area contributed by atoms with Crippen LogP contribution in [-0.2, 0) is 11.3 Å². The Balaban J connectivity index is 1.59. The number of carbonyl (C=O) groups is 1. The van der Waals surface area contributed by atoms with Crippen LogP contribution in [0.5, 0.6) is 0 Å². The molecule has 3 rings (SSSR count). The predicted molar refractivity (Wildman–Crippen MR) is 99.9 cm³/mol. The van der Waals surface area contributed by atoms with Gasteiger partial charge in [0.1, 0.15) is 18.1 Å². The van der Waals surface area contributed by atoms with Crippen LogP contribution in [0.2, 0.25) is 0 Å². The van der Waals surface area contributed by atoms with Crippen molar-refractivity contribution in [2.75, 3.05) is 44.2 Å². The summed E-state index contributed by atoms with van der Waals surface area (Å²) in [4.78, 5) is 17.3. The van der Waals surface area contributed by atoms with Gasteiger partial charge in [0.25, 0.3) is 0 Å². The summed E-state index contributed by atoms with van der Waals surface area (Å²) in [6.45, 7) is 0.843. The Morgan fingerprint density at radius 2 is 1.83 bits per heavy atom. The molecule has 1 fully saturated rings. The zero-order chi connectivity index (χ0) is 20.9. The molecule has 0 spiro atoms. The largest absolute Gasteiger partial charge is 0.467 e. The van der Waals surface area contributed by atoms with Crippen molar-refractivity contribution in [2.45, 2.75) is 19.1 Å².